The Kier molecular flexibility index (Phi) is 4.58. The number of urea groups is 1. The molecule has 3 heterocycles. The van der Waals surface area contributed by atoms with Crippen LogP contribution in [-0.2, 0) is 11.2 Å². The lowest BCUT2D eigenvalue weighted by Gasteiger charge is -2.38. The van der Waals surface area contributed by atoms with Crippen LogP contribution in [0, 0.1) is 0 Å². The molecular weight excluding hydrogens is 366 g/mol. The van der Waals surface area contributed by atoms with Crippen LogP contribution in [0.15, 0.2) is 46.6 Å². The van der Waals surface area contributed by atoms with Crippen molar-refractivity contribution in [3.8, 4) is 0 Å². The van der Waals surface area contributed by atoms with Crippen LogP contribution in [0.25, 0.3) is 11.0 Å². The number of nitrogens with one attached hydrogen (secondary N) is 1. The zero-order valence-electron chi connectivity index (χ0n) is 14.7. The van der Waals surface area contributed by atoms with Crippen LogP contribution in [0.3, 0.4) is 0 Å². The number of rotatable bonds is 4. The summed E-state index contributed by atoms with van der Waals surface area (Å²) in [6.45, 7) is 3.46. The molecule has 1 aliphatic rings. The second kappa shape index (κ2) is 7.05. The zero-order valence-corrected chi connectivity index (χ0v) is 15.5. The molecule has 27 heavy (non-hydrogen) atoms. The third kappa shape index (κ3) is 3.06. The molecule has 0 bridgehead atoms. The number of amides is 2. The van der Waals surface area contributed by atoms with Crippen LogP contribution in [-0.4, -0.2) is 54.9 Å². The average Bonchev–Trinajstić information content (AvgIpc) is 3.02. The maximum absolute atomic E-state index is 13.1. The number of likely N-dealkylation sites (tertiary alicyclic amines) is 1. The van der Waals surface area contributed by atoms with Crippen molar-refractivity contribution in [2.45, 2.75) is 22.9 Å². The number of hydrogen-bond acceptors (Lipinski definition) is 6. The summed E-state index contributed by atoms with van der Waals surface area (Å²) in [6.07, 6.45) is 1.37. The van der Waals surface area contributed by atoms with E-state index in [1.807, 2.05) is 25.1 Å². The maximum Gasteiger partial charge on any atom is 0.317 e. The van der Waals surface area contributed by atoms with Gasteiger partial charge in [0.2, 0.25) is 0 Å². The highest BCUT2D eigenvalue weighted by Crippen LogP contribution is 2.33. The highest BCUT2D eigenvalue weighted by atomic mass is 32.2. The van der Waals surface area contributed by atoms with Gasteiger partial charge in [-0.3, -0.25) is 0 Å². The Hall–Kier alpha value is -2.85. The number of anilines is 1. The molecule has 1 unspecified atom stereocenters. The third-order valence-electron chi connectivity index (χ3n) is 4.44. The number of carbonyl (C=O) groups is 1. The van der Waals surface area contributed by atoms with E-state index in [0.717, 1.165) is 0 Å². The summed E-state index contributed by atoms with van der Waals surface area (Å²) in [5.74, 6) is 0.241. The van der Waals surface area contributed by atoms with E-state index in [1.165, 1.54) is 6.33 Å². The molecule has 1 aromatic carbocycles. The number of fused-ring (bicyclic) bond motifs is 1. The number of benzene rings is 1. The molecule has 2 aromatic heterocycles. The second-order valence-electron chi connectivity index (χ2n) is 6.18. The van der Waals surface area contributed by atoms with Crippen LogP contribution in [0.1, 0.15) is 13.0 Å². The van der Waals surface area contributed by atoms with Gasteiger partial charge in [-0.25, -0.2) is 19.4 Å². The quantitative estimate of drug-likeness (QED) is 0.649. The second-order valence-corrected chi connectivity index (χ2v) is 7.58. The largest absolute Gasteiger partial charge is 0.605 e. The highest BCUT2D eigenvalue weighted by Gasteiger charge is 2.36. The van der Waals surface area contributed by atoms with Gasteiger partial charge >= 0.3 is 6.03 Å². The van der Waals surface area contributed by atoms with Gasteiger partial charge < -0.3 is 20.5 Å². The number of carbonyl (C=O) groups excluding carboxylic acids is 1. The molecule has 2 amide bonds. The molecular formula is C17H19N7O2S. The summed E-state index contributed by atoms with van der Waals surface area (Å²) >= 11 is -1.51. The SMILES string of the molecule is CCNC(=O)N1CC(n2nc([S+]([O-])c3ccccc3)c3c(N)ncnc32)C1. The Morgan fingerprint density at radius 1 is 1.33 bits per heavy atom. The molecule has 1 fully saturated rings. The maximum atomic E-state index is 13.1. The molecule has 3 N–H and O–H groups in total. The fraction of sp³-hybridized carbons (Fsp3) is 0.294. The first-order valence-electron chi connectivity index (χ1n) is 8.58. The van der Waals surface area contributed by atoms with Gasteiger partial charge in [0.25, 0.3) is 5.03 Å². The Balaban J connectivity index is 1.69. The Labute approximate surface area is 158 Å². The van der Waals surface area contributed by atoms with Crippen molar-refractivity contribution in [2.75, 3.05) is 25.4 Å². The number of hydrogen-bond donors (Lipinski definition) is 2. The van der Waals surface area contributed by atoms with Crippen molar-refractivity contribution in [1.29, 1.82) is 0 Å². The van der Waals surface area contributed by atoms with Crippen molar-refractivity contribution in [1.82, 2.24) is 30.0 Å². The minimum atomic E-state index is -1.51. The van der Waals surface area contributed by atoms with Gasteiger partial charge in [-0.15, -0.1) is 5.10 Å². The van der Waals surface area contributed by atoms with E-state index >= 15 is 0 Å². The summed E-state index contributed by atoms with van der Waals surface area (Å²) < 4.78 is 14.8. The molecule has 0 radical (unpaired) electrons. The topological polar surface area (TPSA) is 125 Å². The lowest BCUT2D eigenvalue weighted by atomic mass is 10.1. The van der Waals surface area contributed by atoms with Gasteiger partial charge in [0.15, 0.2) is 10.5 Å². The number of nitrogen functional groups attached to an aromatic ring is 1. The predicted molar refractivity (Wildman–Crippen MR) is 101 cm³/mol. The molecule has 3 aromatic rings. The molecule has 1 aliphatic heterocycles. The van der Waals surface area contributed by atoms with Crippen LogP contribution in [0.4, 0.5) is 10.6 Å². The predicted octanol–water partition coefficient (Wildman–Crippen LogP) is 1.16. The lowest BCUT2D eigenvalue weighted by molar-refractivity contribution is 0.120. The van der Waals surface area contributed by atoms with Gasteiger partial charge in [0, 0.05) is 30.8 Å². The minimum Gasteiger partial charge on any atom is -0.605 e. The Bertz CT molecular complexity index is 972. The lowest BCUT2D eigenvalue weighted by Crippen LogP contribution is -2.54. The molecule has 1 saturated heterocycles. The van der Waals surface area contributed by atoms with Gasteiger partial charge in [-0.2, -0.15) is 0 Å². The molecule has 0 aliphatic carbocycles. The van der Waals surface area contributed by atoms with Gasteiger partial charge in [-0.1, -0.05) is 18.2 Å². The van der Waals surface area contributed by atoms with Crippen molar-refractivity contribution in [3.63, 3.8) is 0 Å². The number of aromatic nitrogens is 4. The van der Waals surface area contributed by atoms with Crippen LogP contribution < -0.4 is 11.1 Å². The van der Waals surface area contributed by atoms with E-state index in [0.29, 0.717) is 40.6 Å². The summed E-state index contributed by atoms with van der Waals surface area (Å²) in [5.41, 5.74) is 6.58. The van der Waals surface area contributed by atoms with E-state index in [2.05, 4.69) is 20.4 Å². The standard InChI is InChI=1S/C17H19N7O2S/c1-2-19-17(25)23-8-11(9-23)24-15-13(14(18)20-10-21-15)16(22-24)27(26)12-6-4-3-5-7-12/h3-7,10-11H,2,8-9H2,1H3,(H,19,25)(H2,18,20,21). The summed E-state index contributed by atoms with van der Waals surface area (Å²) in [5, 5.41) is 8.17. The first-order valence-corrected chi connectivity index (χ1v) is 9.73. The molecule has 9 nitrogen and oxygen atoms in total. The molecule has 140 valence electrons. The van der Waals surface area contributed by atoms with Crippen LogP contribution >= 0.6 is 0 Å². The normalized spacial score (nSPS) is 15.6. The number of nitrogens with zero attached hydrogens (tertiary/aromatic N) is 5. The fourth-order valence-corrected chi connectivity index (χ4v) is 4.21. The Morgan fingerprint density at radius 3 is 2.78 bits per heavy atom. The summed E-state index contributed by atoms with van der Waals surface area (Å²) in [7, 11) is 0. The summed E-state index contributed by atoms with van der Waals surface area (Å²) in [4.78, 5) is 22.6. The molecule has 0 saturated carbocycles. The molecule has 10 heteroatoms. The van der Waals surface area contributed by atoms with E-state index in [-0.39, 0.29) is 17.9 Å². The minimum absolute atomic E-state index is 0.0501. The summed E-state index contributed by atoms with van der Waals surface area (Å²) in [6, 6.07) is 8.91. The van der Waals surface area contributed by atoms with Gasteiger partial charge in [-0.05, 0) is 19.1 Å². The van der Waals surface area contributed by atoms with Crippen molar-refractivity contribution in [2.24, 2.45) is 0 Å². The van der Waals surface area contributed by atoms with Crippen molar-refractivity contribution in [3.05, 3.63) is 36.7 Å². The van der Waals surface area contributed by atoms with Gasteiger partial charge in [0.05, 0.1) is 6.04 Å². The molecule has 1 atom stereocenters. The van der Waals surface area contributed by atoms with Crippen molar-refractivity contribution >= 4 is 34.1 Å². The van der Waals surface area contributed by atoms with Crippen LogP contribution in [0.2, 0.25) is 0 Å². The Morgan fingerprint density at radius 2 is 2.07 bits per heavy atom. The molecule has 4 rings (SSSR count). The zero-order chi connectivity index (χ0) is 19.0. The smallest absolute Gasteiger partial charge is 0.317 e. The van der Waals surface area contributed by atoms with E-state index in [1.54, 1.807) is 21.7 Å². The number of nitrogens with two attached hydrogens (primary N) is 1. The van der Waals surface area contributed by atoms with Crippen LogP contribution in [0.5, 0.6) is 0 Å². The first kappa shape index (κ1) is 17.6. The van der Waals surface area contributed by atoms with E-state index in [4.69, 9.17) is 5.73 Å². The van der Waals surface area contributed by atoms with E-state index < -0.39 is 11.2 Å². The molecule has 0 spiro atoms. The monoisotopic (exact) mass is 385 g/mol. The van der Waals surface area contributed by atoms with E-state index in [9.17, 15) is 9.35 Å². The highest BCUT2D eigenvalue weighted by molar-refractivity contribution is 7.91. The third-order valence-corrected chi connectivity index (χ3v) is 5.78. The van der Waals surface area contributed by atoms with Crippen molar-refractivity contribution < 1.29 is 9.35 Å². The average molecular weight is 385 g/mol. The van der Waals surface area contributed by atoms with Gasteiger partial charge in [0.1, 0.15) is 17.5 Å². The first-order chi connectivity index (χ1) is 13.1. The fourth-order valence-electron chi connectivity index (χ4n) is 3.04.